The number of carboxylic acids is 2. The quantitative estimate of drug-likeness (QED) is 0.569. The highest BCUT2D eigenvalue weighted by Gasteiger charge is 2.33. The number of likely N-dealkylation sites (tertiary alicyclic amines) is 1. The van der Waals surface area contributed by atoms with E-state index < -0.39 is 18.0 Å². The highest BCUT2D eigenvalue weighted by molar-refractivity contribution is 6.27. The summed E-state index contributed by atoms with van der Waals surface area (Å²) in [5.41, 5.74) is 1.26. The molecule has 7 nitrogen and oxygen atoms in total. The van der Waals surface area contributed by atoms with E-state index >= 15 is 0 Å². The van der Waals surface area contributed by atoms with Crippen molar-refractivity contribution in [3.63, 3.8) is 0 Å². The van der Waals surface area contributed by atoms with E-state index in [2.05, 4.69) is 35.2 Å². The molecule has 0 aromatic heterocycles. The fraction of sp³-hybridized carbons (Fsp3) is 0.217. The lowest BCUT2D eigenvalue weighted by Crippen LogP contribution is -2.30. The van der Waals surface area contributed by atoms with Crippen LogP contribution in [0.1, 0.15) is 5.56 Å². The molecular weight excluding hydrogens is 386 g/mol. The summed E-state index contributed by atoms with van der Waals surface area (Å²) in [4.78, 5) is 20.4. The molecule has 0 bridgehead atoms. The maximum atomic E-state index is 10.4. The van der Waals surface area contributed by atoms with E-state index in [0.29, 0.717) is 6.54 Å². The molecule has 0 radical (unpaired) electrons. The zero-order valence-corrected chi connectivity index (χ0v) is 16.2. The van der Waals surface area contributed by atoms with Gasteiger partial charge in [0.05, 0.1) is 0 Å². The first kappa shape index (κ1) is 21.3. The van der Waals surface area contributed by atoms with Gasteiger partial charge in [0.2, 0.25) is 0 Å². The van der Waals surface area contributed by atoms with Crippen molar-refractivity contribution < 1.29 is 29.6 Å². The molecule has 1 heterocycles. The lowest BCUT2D eigenvalue weighted by molar-refractivity contribution is -0.159. The van der Waals surface area contributed by atoms with Gasteiger partial charge in [0.25, 0.3) is 0 Å². The van der Waals surface area contributed by atoms with Gasteiger partial charge in [0.1, 0.15) is 18.0 Å². The predicted octanol–water partition coefficient (Wildman–Crippen LogP) is 2.62. The van der Waals surface area contributed by atoms with Gasteiger partial charge in [-0.1, -0.05) is 66.7 Å². The molecule has 3 N–H and O–H groups in total. The molecule has 0 amide bonds. The molecule has 1 fully saturated rings. The summed E-state index contributed by atoms with van der Waals surface area (Å²) in [6.07, 6.45) is -0.660. The maximum Gasteiger partial charge on any atom is 0.414 e. The van der Waals surface area contributed by atoms with Gasteiger partial charge < -0.3 is 20.1 Å². The van der Waals surface area contributed by atoms with Crippen molar-refractivity contribution in [2.45, 2.75) is 18.8 Å². The van der Waals surface area contributed by atoms with Gasteiger partial charge >= 0.3 is 11.9 Å². The van der Waals surface area contributed by atoms with Crippen molar-refractivity contribution in [3.8, 4) is 5.75 Å². The Labute approximate surface area is 173 Å². The number of hydrogen-bond acceptors (Lipinski definition) is 5. The molecule has 2 unspecified atom stereocenters. The van der Waals surface area contributed by atoms with E-state index in [0.717, 1.165) is 29.6 Å². The van der Waals surface area contributed by atoms with Crippen LogP contribution >= 0.6 is 0 Å². The topological polar surface area (TPSA) is 107 Å². The predicted molar refractivity (Wildman–Crippen MR) is 111 cm³/mol. The van der Waals surface area contributed by atoms with Crippen LogP contribution in [0.4, 0.5) is 0 Å². The van der Waals surface area contributed by atoms with Gasteiger partial charge in [-0.05, 0) is 17.0 Å². The van der Waals surface area contributed by atoms with Crippen molar-refractivity contribution in [1.82, 2.24) is 4.90 Å². The number of aliphatic hydroxyl groups is 1. The molecule has 30 heavy (non-hydrogen) atoms. The highest BCUT2D eigenvalue weighted by atomic mass is 16.5. The summed E-state index contributed by atoms with van der Waals surface area (Å²) in [5, 5.41) is 27.4. The number of hydrogen-bond donors (Lipinski definition) is 3. The molecule has 4 rings (SSSR count). The standard InChI is InChI=1S/C21H21NO2.C2H2O4/c23-19-14-22(13-16-7-2-1-3-8-16)15-21(19)24-20-12-6-10-17-9-4-5-11-18(17)20;3-1(4)2(5)6/h1-12,19,21,23H,13-15H2;(H,3,4)(H,5,6). The Bertz CT molecular complexity index is 990. The van der Waals surface area contributed by atoms with Crippen molar-refractivity contribution in [2.75, 3.05) is 13.1 Å². The first-order valence-corrected chi connectivity index (χ1v) is 9.49. The van der Waals surface area contributed by atoms with Crippen molar-refractivity contribution in [3.05, 3.63) is 78.4 Å². The fourth-order valence-corrected chi connectivity index (χ4v) is 3.38. The van der Waals surface area contributed by atoms with E-state index in [4.69, 9.17) is 24.5 Å². The molecule has 156 valence electrons. The molecule has 7 heteroatoms. The van der Waals surface area contributed by atoms with Crippen LogP contribution in [0, 0.1) is 0 Å². The summed E-state index contributed by atoms with van der Waals surface area (Å²) in [5.74, 6) is -2.80. The number of nitrogens with zero attached hydrogens (tertiary/aromatic N) is 1. The number of benzene rings is 3. The Morgan fingerprint density at radius 1 is 0.867 bits per heavy atom. The average Bonchev–Trinajstić information content (AvgIpc) is 3.08. The largest absolute Gasteiger partial charge is 0.486 e. The number of fused-ring (bicyclic) bond motifs is 1. The second-order valence-electron chi connectivity index (χ2n) is 6.99. The number of carbonyl (C=O) groups is 2. The maximum absolute atomic E-state index is 10.4. The minimum Gasteiger partial charge on any atom is -0.486 e. The zero-order chi connectivity index (χ0) is 21.5. The van der Waals surface area contributed by atoms with Crippen LogP contribution in [0.3, 0.4) is 0 Å². The molecular formula is C23H23NO6. The van der Waals surface area contributed by atoms with Crippen LogP contribution in [0.5, 0.6) is 5.75 Å². The Balaban J connectivity index is 0.000000377. The number of β-amino-alcohol motifs (C(OH)–C–C–N with tert-alkyl or cyclic N) is 1. The van der Waals surface area contributed by atoms with Crippen LogP contribution in [0.2, 0.25) is 0 Å². The van der Waals surface area contributed by atoms with Crippen molar-refractivity contribution >= 4 is 22.7 Å². The molecule has 2 atom stereocenters. The van der Waals surface area contributed by atoms with Gasteiger partial charge in [-0.15, -0.1) is 0 Å². The highest BCUT2D eigenvalue weighted by Crippen LogP contribution is 2.28. The zero-order valence-electron chi connectivity index (χ0n) is 16.2. The van der Waals surface area contributed by atoms with Gasteiger partial charge in [0.15, 0.2) is 0 Å². The Morgan fingerprint density at radius 2 is 1.50 bits per heavy atom. The molecule has 0 aliphatic carbocycles. The number of rotatable bonds is 4. The molecule has 1 aliphatic heterocycles. The van der Waals surface area contributed by atoms with Crippen LogP contribution in [0.25, 0.3) is 10.8 Å². The molecule has 3 aromatic carbocycles. The first-order chi connectivity index (χ1) is 14.4. The minimum atomic E-state index is -1.82. The molecule has 3 aromatic rings. The van der Waals surface area contributed by atoms with E-state index in [1.54, 1.807) is 0 Å². The van der Waals surface area contributed by atoms with Gasteiger partial charge in [-0.3, -0.25) is 4.90 Å². The number of aliphatic hydroxyl groups excluding tert-OH is 1. The van der Waals surface area contributed by atoms with Crippen molar-refractivity contribution in [1.29, 1.82) is 0 Å². The normalized spacial score (nSPS) is 18.4. The first-order valence-electron chi connectivity index (χ1n) is 9.49. The molecule has 1 aliphatic rings. The number of carboxylic acid groups (broad SMARTS) is 2. The third-order valence-corrected chi connectivity index (χ3v) is 4.77. The average molecular weight is 409 g/mol. The van der Waals surface area contributed by atoms with Crippen LogP contribution in [0.15, 0.2) is 72.8 Å². The van der Waals surface area contributed by atoms with E-state index in [1.165, 1.54) is 5.56 Å². The summed E-state index contributed by atoms with van der Waals surface area (Å²) in [6.45, 7) is 2.22. The molecule has 0 saturated carbocycles. The fourth-order valence-electron chi connectivity index (χ4n) is 3.38. The number of aliphatic carboxylic acids is 2. The van der Waals surface area contributed by atoms with Gasteiger partial charge in [0, 0.05) is 25.0 Å². The van der Waals surface area contributed by atoms with Crippen LogP contribution in [-0.4, -0.2) is 57.5 Å². The molecule has 1 saturated heterocycles. The SMILES string of the molecule is O=C(O)C(=O)O.OC1CN(Cc2ccccc2)CC1Oc1cccc2ccccc12. The second-order valence-corrected chi connectivity index (χ2v) is 6.99. The third-order valence-electron chi connectivity index (χ3n) is 4.77. The van der Waals surface area contributed by atoms with Crippen LogP contribution in [-0.2, 0) is 16.1 Å². The monoisotopic (exact) mass is 409 g/mol. The Morgan fingerprint density at radius 3 is 2.20 bits per heavy atom. The smallest absolute Gasteiger partial charge is 0.414 e. The minimum absolute atomic E-state index is 0.195. The van der Waals surface area contributed by atoms with E-state index in [-0.39, 0.29) is 6.10 Å². The lowest BCUT2D eigenvalue weighted by atomic mass is 10.1. The number of ether oxygens (including phenoxy) is 1. The lowest BCUT2D eigenvalue weighted by Gasteiger charge is -2.18. The third kappa shape index (κ3) is 5.56. The summed E-state index contributed by atoms with van der Waals surface area (Å²) in [7, 11) is 0. The van der Waals surface area contributed by atoms with Gasteiger partial charge in [-0.2, -0.15) is 0 Å². The second kappa shape index (κ2) is 9.87. The van der Waals surface area contributed by atoms with Crippen LogP contribution < -0.4 is 4.74 Å². The van der Waals surface area contributed by atoms with E-state index in [1.807, 2.05) is 42.5 Å². The summed E-state index contributed by atoms with van der Waals surface area (Å²) >= 11 is 0. The van der Waals surface area contributed by atoms with Crippen molar-refractivity contribution in [2.24, 2.45) is 0 Å². The summed E-state index contributed by atoms with van der Waals surface area (Å²) in [6, 6.07) is 24.6. The van der Waals surface area contributed by atoms with Gasteiger partial charge in [-0.25, -0.2) is 9.59 Å². The van der Waals surface area contributed by atoms with E-state index in [9.17, 15) is 5.11 Å². The Hall–Kier alpha value is -3.42. The molecule has 0 spiro atoms. The summed E-state index contributed by atoms with van der Waals surface area (Å²) < 4.78 is 6.18. The Kier molecular flexibility index (Phi) is 7.00.